The molecule has 130 valence electrons. The standard InChI is InChI=1S/C18H14N4O2S2/c1-11-7-8-13(24-11)9-14-15(19)22-17(20-16(14)23)26-18(21-22)25-10-12-5-3-2-4-6-12/h2-9,19H,10H2,1H3/b14-9-,19-15?. The number of carbonyl (C=O) groups excluding carboxylic acids is 1. The molecule has 2 aliphatic rings. The average Bonchev–Trinajstić information content (AvgIpc) is 3.23. The lowest BCUT2D eigenvalue weighted by Crippen LogP contribution is -2.35. The van der Waals surface area contributed by atoms with Gasteiger partial charge in [-0.1, -0.05) is 42.1 Å². The number of aliphatic imine (C=N–C) groups is 1. The molecule has 0 radical (unpaired) electrons. The summed E-state index contributed by atoms with van der Waals surface area (Å²) in [7, 11) is 0. The molecular formula is C18H14N4O2S2. The highest BCUT2D eigenvalue weighted by Gasteiger charge is 2.35. The minimum absolute atomic E-state index is 0.0110. The number of amidine groups is 2. The number of nitrogens with one attached hydrogen (secondary N) is 1. The summed E-state index contributed by atoms with van der Waals surface area (Å²) in [4.78, 5) is 16.4. The van der Waals surface area contributed by atoms with Crippen LogP contribution in [-0.4, -0.2) is 26.3 Å². The van der Waals surface area contributed by atoms with Gasteiger partial charge in [-0.2, -0.15) is 10.0 Å². The Kier molecular flexibility index (Phi) is 4.52. The molecule has 4 rings (SSSR count). The number of furan rings is 1. The summed E-state index contributed by atoms with van der Waals surface area (Å²) in [6.45, 7) is 1.82. The van der Waals surface area contributed by atoms with Crippen LogP contribution >= 0.6 is 23.5 Å². The highest BCUT2D eigenvalue weighted by molar-refractivity contribution is 8.45. The molecule has 1 N–H and O–H groups in total. The molecule has 2 aliphatic heterocycles. The van der Waals surface area contributed by atoms with Gasteiger partial charge < -0.3 is 4.42 Å². The molecule has 8 heteroatoms. The number of nitrogens with zero attached hydrogens (tertiary/aromatic N) is 3. The quantitative estimate of drug-likeness (QED) is 0.808. The van der Waals surface area contributed by atoms with E-state index in [9.17, 15) is 4.79 Å². The van der Waals surface area contributed by atoms with Crippen molar-refractivity contribution >= 4 is 50.9 Å². The molecule has 0 bridgehead atoms. The number of aryl methyl sites for hydroxylation is 1. The summed E-state index contributed by atoms with van der Waals surface area (Å²) in [6.07, 6.45) is 1.53. The van der Waals surface area contributed by atoms with Crippen molar-refractivity contribution < 1.29 is 9.21 Å². The number of rotatable bonds is 3. The van der Waals surface area contributed by atoms with Crippen LogP contribution in [0, 0.1) is 12.3 Å². The molecule has 1 amide bonds. The van der Waals surface area contributed by atoms with Gasteiger partial charge in [-0.25, -0.2) is 0 Å². The lowest BCUT2D eigenvalue weighted by Gasteiger charge is -2.19. The van der Waals surface area contributed by atoms with Crippen LogP contribution in [0.4, 0.5) is 0 Å². The highest BCUT2D eigenvalue weighted by atomic mass is 32.2. The maximum Gasteiger partial charge on any atom is 0.283 e. The van der Waals surface area contributed by atoms with E-state index in [1.165, 1.54) is 28.4 Å². The summed E-state index contributed by atoms with van der Waals surface area (Å²) in [5, 5.41) is 14.6. The first-order valence-corrected chi connectivity index (χ1v) is 9.64. The van der Waals surface area contributed by atoms with Crippen molar-refractivity contribution in [3.05, 3.63) is 65.1 Å². The van der Waals surface area contributed by atoms with Gasteiger partial charge in [0, 0.05) is 5.75 Å². The molecule has 26 heavy (non-hydrogen) atoms. The third-order valence-electron chi connectivity index (χ3n) is 3.69. The molecule has 0 spiro atoms. The number of hydrazone groups is 1. The Labute approximate surface area is 158 Å². The Hall–Kier alpha value is -2.58. The molecule has 6 nitrogen and oxygen atoms in total. The summed E-state index contributed by atoms with van der Waals surface area (Å²) < 4.78 is 6.23. The van der Waals surface area contributed by atoms with Gasteiger partial charge in [0.15, 0.2) is 10.2 Å². The Morgan fingerprint density at radius 2 is 2.08 bits per heavy atom. The maximum absolute atomic E-state index is 12.3. The van der Waals surface area contributed by atoms with E-state index in [1.807, 2.05) is 25.1 Å². The van der Waals surface area contributed by atoms with Gasteiger partial charge in [0.05, 0.1) is 5.57 Å². The van der Waals surface area contributed by atoms with Crippen molar-refractivity contribution in [2.75, 3.05) is 0 Å². The molecule has 0 saturated carbocycles. The first kappa shape index (κ1) is 16.9. The molecule has 0 unspecified atom stereocenters. The summed E-state index contributed by atoms with van der Waals surface area (Å²) >= 11 is 2.87. The second-order valence-corrected chi connectivity index (χ2v) is 7.79. The Bertz CT molecular complexity index is 976. The highest BCUT2D eigenvalue weighted by Crippen LogP contribution is 2.33. The minimum atomic E-state index is -0.452. The monoisotopic (exact) mass is 382 g/mol. The van der Waals surface area contributed by atoms with Crippen LogP contribution < -0.4 is 0 Å². The fraction of sp³-hybridized carbons (Fsp3) is 0.111. The molecule has 0 atom stereocenters. The van der Waals surface area contributed by atoms with Crippen LogP contribution in [0.2, 0.25) is 0 Å². The minimum Gasteiger partial charge on any atom is -0.462 e. The maximum atomic E-state index is 12.3. The van der Waals surface area contributed by atoms with E-state index < -0.39 is 5.91 Å². The first-order chi connectivity index (χ1) is 12.6. The Morgan fingerprint density at radius 3 is 2.81 bits per heavy atom. The Balaban J connectivity index is 1.53. The molecule has 3 heterocycles. The van der Waals surface area contributed by atoms with Gasteiger partial charge in [-0.3, -0.25) is 10.2 Å². The van der Waals surface area contributed by atoms with E-state index in [1.54, 1.807) is 23.9 Å². The number of carbonyl (C=O) groups is 1. The van der Waals surface area contributed by atoms with Gasteiger partial charge >= 0.3 is 0 Å². The zero-order valence-corrected chi connectivity index (χ0v) is 15.4. The van der Waals surface area contributed by atoms with E-state index in [-0.39, 0.29) is 11.4 Å². The van der Waals surface area contributed by atoms with Crippen LogP contribution in [0.15, 0.2) is 62.5 Å². The van der Waals surface area contributed by atoms with Crippen molar-refractivity contribution in [1.29, 1.82) is 5.41 Å². The molecule has 0 saturated heterocycles. The number of thioether (sulfide) groups is 2. The van der Waals surface area contributed by atoms with Crippen molar-refractivity contribution in [2.45, 2.75) is 12.7 Å². The number of hydrogen-bond acceptors (Lipinski definition) is 6. The van der Waals surface area contributed by atoms with E-state index in [4.69, 9.17) is 9.83 Å². The third kappa shape index (κ3) is 3.38. The lowest BCUT2D eigenvalue weighted by molar-refractivity contribution is -0.114. The molecule has 0 aliphatic carbocycles. The molecular weight excluding hydrogens is 368 g/mol. The van der Waals surface area contributed by atoms with Gasteiger partial charge in [0.2, 0.25) is 5.17 Å². The topological polar surface area (TPSA) is 82.0 Å². The zero-order chi connectivity index (χ0) is 18.1. The second-order valence-electron chi connectivity index (χ2n) is 5.61. The van der Waals surface area contributed by atoms with E-state index in [0.29, 0.717) is 10.9 Å². The largest absolute Gasteiger partial charge is 0.462 e. The van der Waals surface area contributed by atoms with Crippen LogP contribution in [0.5, 0.6) is 0 Å². The van der Waals surface area contributed by atoms with Gasteiger partial charge in [-0.05, 0) is 42.5 Å². The van der Waals surface area contributed by atoms with Gasteiger partial charge in [0.1, 0.15) is 11.5 Å². The lowest BCUT2D eigenvalue weighted by atomic mass is 10.1. The number of benzene rings is 1. The van der Waals surface area contributed by atoms with Crippen LogP contribution in [0.3, 0.4) is 0 Å². The van der Waals surface area contributed by atoms with Gasteiger partial charge in [0.25, 0.3) is 5.91 Å². The summed E-state index contributed by atoms with van der Waals surface area (Å²) in [6, 6.07) is 13.6. The van der Waals surface area contributed by atoms with Crippen molar-refractivity contribution in [1.82, 2.24) is 5.01 Å². The summed E-state index contributed by atoms with van der Waals surface area (Å²) in [5.74, 6) is 1.58. The number of fused-ring (bicyclic) bond motifs is 1. The fourth-order valence-electron chi connectivity index (χ4n) is 2.43. The molecule has 1 aromatic heterocycles. The SMILES string of the molecule is Cc1ccc(/C=C2/C(=N)N3N=C(SCc4ccccc4)SC3=NC2=O)o1. The molecule has 0 fully saturated rings. The molecule has 2 aromatic rings. The number of hydrogen-bond donors (Lipinski definition) is 1. The normalized spacial score (nSPS) is 18.2. The first-order valence-electron chi connectivity index (χ1n) is 7.83. The summed E-state index contributed by atoms with van der Waals surface area (Å²) in [5.41, 5.74) is 1.36. The fourth-order valence-corrected chi connectivity index (χ4v) is 4.31. The number of amides is 1. The van der Waals surface area contributed by atoms with E-state index in [0.717, 1.165) is 15.9 Å². The van der Waals surface area contributed by atoms with Crippen molar-refractivity contribution in [2.24, 2.45) is 10.1 Å². The average molecular weight is 382 g/mol. The van der Waals surface area contributed by atoms with Crippen LogP contribution in [0.1, 0.15) is 17.1 Å². The van der Waals surface area contributed by atoms with E-state index >= 15 is 0 Å². The van der Waals surface area contributed by atoms with Gasteiger partial charge in [-0.15, -0.1) is 5.10 Å². The predicted molar refractivity (Wildman–Crippen MR) is 106 cm³/mol. The smallest absolute Gasteiger partial charge is 0.283 e. The second kappa shape index (κ2) is 6.97. The van der Waals surface area contributed by atoms with E-state index in [2.05, 4.69) is 22.2 Å². The Morgan fingerprint density at radius 1 is 1.27 bits per heavy atom. The third-order valence-corrected chi connectivity index (χ3v) is 5.80. The molecule has 1 aromatic carbocycles. The van der Waals surface area contributed by atoms with Crippen molar-refractivity contribution in [3.63, 3.8) is 0 Å². The van der Waals surface area contributed by atoms with Crippen LogP contribution in [-0.2, 0) is 10.5 Å². The predicted octanol–water partition coefficient (Wildman–Crippen LogP) is 4.10. The van der Waals surface area contributed by atoms with Crippen molar-refractivity contribution in [3.8, 4) is 0 Å². The van der Waals surface area contributed by atoms with Crippen LogP contribution in [0.25, 0.3) is 6.08 Å². The zero-order valence-electron chi connectivity index (χ0n) is 13.8.